The Morgan fingerprint density at radius 2 is 2.12 bits per heavy atom. The second-order valence-electron chi connectivity index (χ2n) is 5.77. The number of hydrogen-bond acceptors (Lipinski definition) is 3. The zero-order valence-corrected chi connectivity index (χ0v) is 13.3. The number of piperidine rings is 1. The highest BCUT2D eigenvalue weighted by Crippen LogP contribution is 2.33. The number of benzene rings is 1. The van der Waals surface area contributed by atoms with Crippen molar-refractivity contribution in [1.82, 2.24) is 9.88 Å². The maximum absolute atomic E-state index is 13.9. The Labute approximate surface area is 139 Å². The second kappa shape index (κ2) is 6.95. The maximum atomic E-state index is 13.9. The highest BCUT2D eigenvalue weighted by Gasteiger charge is 2.31. The molecule has 0 N–H and O–H groups in total. The number of methoxy groups -OCH3 is 1. The molecule has 2 aromatic rings. The van der Waals surface area contributed by atoms with E-state index in [0.29, 0.717) is 18.4 Å². The molecule has 6 heteroatoms. The molecule has 1 aliphatic rings. The lowest BCUT2D eigenvalue weighted by molar-refractivity contribution is 0.0599. The van der Waals surface area contributed by atoms with Crippen molar-refractivity contribution in [2.45, 2.75) is 25.3 Å². The molecule has 1 atom stereocenters. The van der Waals surface area contributed by atoms with Gasteiger partial charge in [0.2, 0.25) is 0 Å². The summed E-state index contributed by atoms with van der Waals surface area (Å²) in [7, 11) is 1.58. The first kappa shape index (κ1) is 16.4. The summed E-state index contributed by atoms with van der Waals surface area (Å²) in [4.78, 5) is 18.0. The van der Waals surface area contributed by atoms with E-state index in [1.165, 1.54) is 0 Å². The molecule has 0 spiro atoms. The van der Waals surface area contributed by atoms with Crippen LogP contribution in [0.25, 0.3) is 0 Å². The van der Waals surface area contributed by atoms with Crippen molar-refractivity contribution in [3.63, 3.8) is 0 Å². The van der Waals surface area contributed by atoms with Crippen LogP contribution in [0.2, 0.25) is 0 Å². The molecule has 4 nitrogen and oxygen atoms in total. The third kappa shape index (κ3) is 3.22. The standard InChI is InChI=1S/C18H18F2N2O2/c1-24-14-6-4-5-12(9-14)16-7-2-3-8-22(16)18(23)17-15(20)10-13(19)11-21-17/h4-6,9-11,16H,2-3,7-8H2,1H3/t16-/m0/s1. The Kier molecular flexibility index (Phi) is 4.74. The summed E-state index contributed by atoms with van der Waals surface area (Å²) in [6.45, 7) is 0.513. The van der Waals surface area contributed by atoms with Crippen LogP contribution in [0.1, 0.15) is 41.4 Å². The monoisotopic (exact) mass is 332 g/mol. The molecular weight excluding hydrogens is 314 g/mol. The van der Waals surface area contributed by atoms with Gasteiger partial charge in [-0.15, -0.1) is 0 Å². The Bertz CT molecular complexity index is 752. The van der Waals surface area contributed by atoms with Gasteiger partial charge in [0.1, 0.15) is 11.6 Å². The molecule has 0 saturated carbocycles. The Morgan fingerprint density at radius 1 is 1.29 bits per heavy atom. The smallest absolute Gasteiger partial charge is 0.276 e. The van der Waals surface area contributed by atoms with Crippen molar-refractivity contribution in [1.29, 1.82) is 0 Å². The summed E-state index contributed by atoms with van der Waals surface area (Å²) in [6, 6.07) is 8.01. The van der Waals surface area contributed by atoms with Crippen molar-refractivity contribution in [2.75, 3.05) is 13.7 Å². The Morgan fingerprint density at radius 3 is 2.88 bits per heavy atom. The molecule has 1 saturated heterocycles. The second-order valence-corrected chi connectivity index (χ2v) is 5.77. The number of halogens is 2. The number of aromatic nitrogens is 1. The van der Waals surface area contributed by atoms with Crippen molar-refractivity contribution in [3.8, 4) is 5.75 Å². The lowest BCUT2D eigenvalue weighted by atomic mass is 9.94. The number of amides is 1. The van der Waals surface area contributed by atoms with Crippen LogP contribution < -0.4 is 4.74 Å². The summed E-state index contributed by atoms with van der Waals surface area (Å²) in [6.07, 6.45) is 3.46. The minimum absolute atomic E-state index is 0.174. The molecule has 126 valence electrons. The highest BCUT2D eigenvalue weighted by molar-refractivity contribution is 5.93. The zero-order valence-electron chi connectivity index (χ0n) is 13.3. The van der Waals surface area contributed by atoms with Crippen molar-refractivity contribution >= 4 is 5.91 Å². The average molecular weight is 332 g/mol. The lowest BCUT2D eigenvalue weighted by Gasteiger charge is -2.36. The quantitative estimate of drug-likeness (QED) is 0.860. The van der Waals surface area contributed by atoms with E-state index in [1.54, 1.807) is 12.0 Å². The van der Waals surface area contributed by atoms with Gasteiger partial charge in [0.25, 0.3) is 5.91 Å². The van der Waals surface area contributed by atoms with Gasteiger partial charge in [-0.2, -0.15) is 0 Å². The van der Waals surface area contributed by atoms with E-state index < -0.39 is 17.5 Å². The fourth-order valence-corrected chi connectivity index (χ4v) is 3.08. The van der Waals surface area contributed by atoms with E-state index >= 15 is 0 Å². The first-order valence-electron chi connectivity index (χ1n) is 7.86. The van der Waals surface area contributed by atoms with Crippen molar-refractivity contribution in [2.24, 2.45) is 0 Å². The summed E-state index contributed by atoms with van der Waals surface area (Å²) < 4.78 is 32.2. The topological polar surface area (TPSA) is 42.4 Å². The van der Waals surface area contributed by atoms with Crippen LogP contribution in [0, 0.1) is 11.6 Å². The number of pyridine rings is 1. The maximum Gasteiger partial charge on any atom is 0.276 e. The van der Waals surface area contributed by atoms with Gasteiger partial charge in [0, 0.05) is 12.6 Å². The fraction of sp³-hybridized carbons (Fsp3) is 0.333. The molecule has 0 bridgehead atoms. The van der Waals surface area contributed by atoms with Gasteiger partial charge in [-0.1, -0.05) is 12.1 Å². The van der Waals surface area contributed by atoms with Crippen LogP contribution in [0.3, 0.4) is 0 Å². The predicted molar refractivity (Wildman–Crippen MR) is 84.8 cm³/mol. The molecule has 1 amide bonds. The van der Waals surface area contributed by atoms with Gasteiger partial charge < -0.3 is 9.64 Å². The molecule has 1 aromatic carbocycles. The van der Waals surface area contributed by atoms with E-state index in [1.807, 2.05) is 24.3 Å². The third-order valence-corrected chi connectivity index (χ3v) is 4.25. The number of hydrogen-bond donors (Lipinski definition) is 0. The predicted octanol–water partition coefficient (Wildman–Crippen LogP) is 3.74. The fourth-order valence-electron chi connectivity index (χ4n) is 3.08. The molecule has 2 heterocycles. The minimum Gasteiger partial charge on any atom is -0.497 e. The normalized spacial score (nSPS) is 17.6. The summed E-state index contributed by atoms with van der Waals surface area (Å²) in [5.74, 6) is -1.54. The van der Waals surface area contributed by atoms with Gasteiger partial charge in [0.15, 0.2) is 11.5 Å². The van der Waals surface area contributed by atoms with Crippen LogP contribution in [0.15, 0.2) is 36.5 Å². The highest BCUT2D eigenvalue weighted by atomic mass is 19.1. The number of rotatable bonds is 3. The first-order chi connectivity index (χ1) is 11.6. The summed E-state index contributed by atoms with van der Waals surface area (Å²) in [5, 5.41) is 0. The van der Waals surface area contributed by atoms with Gasteiger partial charge in [0.05, 0.1) is 19.3 Å². The Balaban J connectivity index is 1.92. The molecular formula is C18H18F2N2O2. The van der Waals surface area contributed by atoms with Gasteiger partial charge >= 0.3 is 0 Å². The molecule has 24 heavy (non-hydrogen) atoms. The first-order valence-corrected chi connectivity index (χ1v) is 7.86. The van der Waals surface area contributed by atoms with E-state index in [4.69, 9.17) is 4.74 Å². The van der Waals surface area contributed by atoms with Crippen LogP contribution in [-0.4, -0.2) is 29.4 Å². The number of nitrogens with zero attached hydrogens (tertiary/aromatic N) is 2. The van der Waals surface area contributed by atoms with E-state index in [0.717, 1.165) is 31.0 Å². The number of carbonyl (C=O) groups is 1. The summed E-state index contributed by atoms with van der Waals surface area (Å²) in [5.41, 5.74) is 0.594. The number of ether oxygens (including phenoxy) is 1. The van der Waals surface area contributed by atoms with E-state index in [-0.39, 0.29) is 11.7 Å². The minimum atomic E-state index is -0.935. The zero-order chi connectivity index (χ0) is 17.1. The van der Waals surface area contributed by atoms with Gasteiger partial charge in [-0.05, 0) is 37.0 Å². The summed E-state index contributed by atoms with van der Waals surface area (Å²) >= 11 is 0. The van der Waals surface area contributed by atoms with Crippen LogP contribution in [-0.2, 0) is 0 Å². The third-order valence-electron chi connectivity index (χ3n) is 4.25. The van der Waals surface area contributed by atoms with E-state index in [9.17, 15) is 13.6 Å². The molecule has 0 unspecified atom stereocenters. The molecule has 0 radical (unpaired) electrons. The van der Waals surface area contributed by atoms with Crippen LogP contribution in [0.5, 0.6) is 5.75 Å². The molecule has 3 rings (SSSR count). The number of carbonyl (C=O) groups excluding carboxylic acids is 1. The molecule has 0 aliphatic carbocycles. The van der Waals surface area contributed by atoms with Crippen molar-refractivity contribution < 1.29 is 18.3 Å². The Hall–Kier alpha value is -2.50. The largest absolute Gasteiger partial charge is 0.497 e. The molecule has 1 aliphatic heterocycles. The van der Waals surface area contributed by atoms with Gasteiger partial charge in [-0.3, -0.25) is 4.79 Å². The number of likely N-dealkylation sites (tertiary alicyclic amines) is 1. The van der Waals surface area contributed by atoms with Crippen LogP contribution in [0.4, 0.5) is 8.78 Å². The molecule has 1 fully saturated rings. The average Bonchev–Trinajstić information content (AvgIpc) is 2.61. The SMILES string of the molecule is COc1cccc([C@@H]2CCCCN2C(=O)c2ncc(F)cc2F)c1. The van der Waals surface area contributed by atoms with Crippen molar-refractivity contribution in [3.05, 3.63) is 59.4 Å². The van der Waals surface area contributed by atoms with Crippen LogP contribution >= 0.6 is 0 Å². The van der Waals surface area contributed by atoms with Gasteiger partial charge in [-0.25, -0.2) is 13.8 Å². The van der Waals surface area contributed by atoms with E-state index in [2.05, 4.69) is 4.98 Å². The lowest BCUT2D eigenvalue weighted by Crippen LogP contribution is -2.39. The molecule has 1 aromatic heterocycles.